The predicted molar refractivity (Wildman–Crippen MR) is 98.8 cm³/mol. The number of hydrogen-bond acceptors (Lipinski definition) is 6. The van der Waals surface area contributed by atoms with Crippen molar-refractivity contribution in [3.8, 4) is 0 Å². The van der Waals surface area contributed by atoms with Gasteiger partial charge in [0.1, 0.15) is 11.5 Å². The van der Waals surface area contributed by atoms with Crippen LogP contribution in [0.5, 0.6) is 0 Å². The Hall–Kier alpha value is -1.80. The van der Waals surface area contributed by atoms with E-state index in [1.807, 2.05) is 32.9 Å². The molecular weight excluding hydrogens is 348 g/mol. The molecule has 2 fully saturated rings. The van der Waals surface area contributed by atoms with Gasteiger partial charge in [-0.1, -0.05) is 17.7 Å². The highest BCUT2D eigenvalue weighted by Crippen LogP contribution is 2.44. The second-order valence-corrected chi connectivity index (χ2v) is 7.42. The van der Waals surface area contributed by atoms with Crippen LogP contribution in [0.1, 0.15) is 41.0 Å². The summed E-state index contributed by atoms with van der Waals surface area (Å²) in [6.07, 6.45) is 0.936. The van der Waals surface area contributed by atoms with Crippen molar-refractivity contribution in [2.24, 2.45) is 0 Å². The van der Waals surface area contributed by atoms with Gasteiger partial charge in [-0.15, -0.1) is 0 Å². The molecule has 3 rings (SSSR count). The Morgan fingerprint density at radius 2 is 1.67 bits per heavy atom. The molecule has 1 amide bonds. The number of benzene rings is 1. The van der Waals surface area contributed by atoms with Gasteiger partial charge < -0.3 is 9.57 Å². The number of hydroxylamine groups is 4. The van der Waals surface area contributed by atoms with E-state index in [-0.39, 0.29) is 18.5 Å². The SMILES string of the molecule is COCON1C(=O)C(c2c(C)cc(C)cc2C)C(=O)C12CCN(OC)CC2. The minimum Gasteiger partial charge on any atom is -0.356 e. The summed E-state index contributed by atoms with van der Waals surface area (Å²) in [5.74, 6) is -1.23. The number of piperidine rings is 1. The molecule has 7 nitrogen and oxygen atoms in total. The number of aryl methyl sites for hydroxylation is 3. The van der Waals surface area contributed by atoms with Crippen LogP contribution < -0.4 is 0 Å². The van der Waals surface area contributed by atoms with E-state index >= 15 is 0 Å². The van der Waals surface area contributed by atoms with Gasteiger partial charge in [-0.25, -0.2) is 9.90 Å². The van der Waals surface area contributed by atoms with Gasteiger partial charge in [0, 0.05) is 20.2 Å². The Bertz CT molecular complexity index is 717. The summed E-state index contributed by atoms with van der Waals surface area (Å²) in [6.45, 7) is 6.96. The number of ketones is 1. The van der Waals surface area contributed by atoms with Gasteiger partial charge in [-0.3, -0.25) is 9.59 Å². The molecule has 2 heterocycles. The van der Waals surface area contributed by atoms with Crippen LogP contribution in [-0.2, 0) is 24.0 Å². The summed E-state index contributed by atoms with van der Waals surface area (Å²) in [7, 11) is 3.11. The highest BCUT2D eigenvalue weighted by Gasteiger charge is 2.61. The molecule has 0 bridgehead atoms. The van der Waals surface area contributed by atoms with Gasteiger partial charge in [-0.05, 0) is 50.3 Å². The van der Waals surface area contributed by atoms with Crippen molar-refractivity contribution in [2.45, 2.75) is 45.1 Å². The second-order valence-electron chi connectivity index (χ2n) is 7.42. The molecule has 1 unspecified atom stereocenters. The van der Waals surface area contributed by atoms with E-state index < -0.39 is 11.5 Å². The Kier molecular flexibility index (Phi) is 5.67. The zero-order chi connectivity index (χ0) is 19.8. The average Bonchev–Trinajstić information content (AvgIpc) is 2.82. The molecule has 0 saturated carbocycles. The van der Waals surface area contributed by atoms with Crippen molar-refractivity contribution >= 4 is 11.7 Å². The molecule has 2 saturated heterocycles. The first-order valence-corrected chi connectivity index (χ1v) is 9.22. The lowest BCUT2D eigenvalue weighted by molar-refractivity contribution is -0.256. The van der Waals surface area contributed by atoms with Crippen LogP contribution in [0.2, 0.25) is 0 Å². The van der Waals surface area contributed by atoms with E-state index in [0.717, 1.165) is 22.3 Å². The van der Waals surface area contributed by atoms with E-state index in [4.69, 9.17) is 14.4 Å². The van der Waals surface area contributed by atoms with Crippen LogP contribution in [0.3, 0.4) is 0 Å². The molecule has 27 heavy (non-hydrogen) atoms. The second kappa shape index (κ2) is 7.67. The maximum atomic E-state index is 13.6. The smallest absolute Gasteiger partial charge is 0.262 e. The number of hydrogen-bond donors (Lipinski definition) is 0. The van der Waals surface area contributed by atoms with Crippen molar-refractivity contribution in [2.75, 3.05) is 34.1 Å². The largest absolute Gasteiger partial charge is 0.356 e. The number of amides is 1. The molecule has 1 aromatic rings. The van der Waals surface area contributed by atoms with Gasteiger partial charge in [-0.2, -0.15) is 5.06 Å². The number of carbonyl (C=O) groups is 2. The van der Waals surface area contributed by atoms with Crippen molar-refractivity contribution in [1.29, 1.82) is 0 Å². The third kappa shape index (κ3) is 3.29. The van der Waals surface area contributed by atoms with Crippen molar-refractivity contribution in [3.63, 3.8) is 0 Å². The maximum Gasteiger partial charge on any atom is 0.262 e. The first kappa shape index (κ1) is 19.9. The highest BCUT2D eigenvalue weighted by atomic mass is 16.8. The van der Waals surface area contributed by atoms with Crippen LogP contribution in [0, 0.1) is 20.8 Å². The van der Waals surface area contributed by atoms with E-state index in [9.17, 15) is 9.59 Å². The molecule has 2 aliphatic heterocycles. The molecule has 1 aromatic carbocycles. The first-order chi connectivity index (χ1) is 12.9. The van der Waals surface area contributed by atoms with Gasteiger partial charge in [0.25, 0.3) is 5.91 Å². The topological polar surface area (TPSA) is 68.3 Å². The lowest BCUT2D eigenvalue weighted by atomic mass is 9.79. The highest BCUT2D eigenvalue weighted by molar-refractivity contribution is 6.17. The first-order valence-electron chi connectivity index (χ1n) is 9.22. The van der Waals surface area contributed by atoms with Gasteiger partial charge in [0.15, 0.2) is 12.6 Å². The molecule has 0 aliphatic carbocycles. The number of carbonyl (C=O) groups excluding carboxylic acids is 2. The lowest BCUT2D eigenvalue weighted by Gasteiger charge is -2.41. The van der Waals surface area contributed by atoms with Crippen LogP contribution in [0.4, 0.5) is 0 Å². The molecule has 0 aromatic heterocycles. The molecule has 2 aliphatic rings. The predicted octanol–water partition coefficient (Wildman–Crippen LogP) is 2.04. The molecule has 148 valence electrons. The standard InChI is InChI=1S/C20H28N2O5/c1-13-10-14(2)16(15(3)11-13)17-18(23)20(6-8-21(26-5)9-7-20)22(19(17)24)27-12-25-4/h10-11,17H,6-9,12H2,1-5H3. The monoisotopic (exact) mass is 376 g/mol. The molecule has 1 spiro atoms. The Balaban J connectivity index is 2.03. The number of rotatable bonds is 5. The van der Waals surface area contributed by atoms with Gasteiger partial charge in [0.2, 0.25) is 0 Å². The number of ether oxygens (including phenoxy) is 1. The quantitative estimate of drug-likeness (QED) is 0.579. The summed E-state index contributed by atoms with van der Waals surface area (Å²) in [4.78, 5) is 37.8. The summed E-state index contributed by atoms with van der Waals surface area (Å²) < 4.78 is 5.01. The van der Waals surface area contributed by atoms with E-state index in [2.05, 4.69) is 0 Å². The number of Topliss-reactive ketones (excluding diaryl/α,β-unsaturated/α-hetero) is 1. The minimum absolute atomic E-state index is 0.0760. The average molecular weight is 376 g/mol. The van der Waals surface area contributed by atoms with E-state index in [1.54, 1.807) is 12.2 Å². The minimum atomic E-state index is -0.973. The molecule has 1 atom stereocenters. The fraction of sp³-hybridized carbons (Fsp3) is 0.600. The van der Waals surface area contributed by atoms with Crippen molar-refractivity contribution in [1.82, 2.24) is 10.1 Å². The third-order valence-corrected chi connectivity index (χ3v) is 5.69. The van der Waals surface area contributed by atoms with Crippen LogP contribution >= 0.6 is 0 Å². The Morgan fingerprint density at radius 3 is 2.19 bits per heavy atom. The summed E-state index contributed by atoms with van der Waals surface area (Å²) in [5.41, 5.74) is 2.85. The van der Waals surface area contributed by atoms with Crippen LogP contribution in [0.25, 0.3) is 0 Å². The zero-order valence-corrected chi connectivity index (χ0v) is 16.7. The van der Waals surface area contributed by atoms with Crippen molar-refractivity contribution < 1.29 is 24.0 Å². The van der Waals surface area contributed by atoms with Crippen LogP contribution in [-0.4, -0.2) is 61.5 Å². The third-order valence-electron chi connectivity index (χ3n) is 5.69. The Morgan fingerprint density at radius 1 is 1.07 bits per heavy atom. The van der Waals surface area contributed by atoms with E-state index in [1.165, 1.54) is 12.2 Å². The fourth-order valence-electron chi connectivity index (χ4n) is 4.49. The summed E-state index contributed by atoms with van der Waals surface area (Å²) in [5, 5.41) is 3.09. The van der Waals surface area contributed by atoms with Crippen molar-refractivity contribution in [3.05, 3.63) is 34.4 Å². The van der Waals surface area contributed by atoms with Gasteiger partial charge in [0.05, 0.1) is 7.11 Å². The zero-order valence-electron chi connectivity index (χ0n) is 16.7. The van der Waals surface area contributed by atoms with Crippen LogP contribution in [0.15, 0.2) is 12.1 Å². The fourth-order valence-corrected chi connectivity index (χ4v) is 4.49. The normalized spacial score (nSPS) is 22.9. The molecular formula is C20H28N2O5. The molecule has 0 N–H and O–H groups in total. The number of nitrogens with zero attached hydrogens (tertiary/aromatic N) is 2. The number of methoxy groups -OCH3 is 1. The lowest BCUT2D eigenvalue weighted by Crippen LogP contribution is -2.56. The van der Waals surface area contributed by atoms with E-state index in [0.29, 0.717) is 25.9 Å². The molecule has 7 heteroatoms. The maximum absolute atomic E-state index is 13.6. The summed E-state index contributed by atoms with van der Waals surface area (Å²) >= 11 is 0. The Labute approximate surface area is 160 Å². The summed E-state index contributed by atoms with van der Waals surface area (Å²) in [6, 6.07) is 4.03. The molecule has 0 radical (unpaired) electrons. The van der Waals surface area contributed by atoms with Gasteiger partial charge >= 0.3 is 0 Å².